The van der Waals surface area contributed by atoms with Gasteiger partial charge in [0.1, 0.15) is 5.75 Å². The first-order valence-corrected chi connectivity index (χ1v) is 12.3. The maximum absolute atomic E-state index is 13.0. The first-order valence-electron chi connectivity index (χ1n) is 12.3. The van der Waals surface area contributed by atoms with Crippen LogP contribution in [0.5, 0.6) is 5.75 Å². The zero-order chi connectivity index (χ0) is 25.5. The third kappa shape index (κ3) is 6.13. The summed E-state index contributed by atoms with van der Waals surface area (Å²) >= 11 is 0. The van der Waals surface area contributed by atoms with Crippen molar-refractivity contribution in [3.8, 4) is 11.8 Å². The molecule has 0 spiro atoms. The van der Waals surface area contributed by atoms with E-state index in [-0.39, 0.29) is 23.9 Å². The summed E-state index contributed by atoms with van der Waals surface area (Å²) in [5.74, 6) is 0.663. The molecule has 0 aromatic heterocycles. The molecule has 1 aromatic rings. The standard InChI is InChI=1S/C28H36N4O3/c1-6-7-8-18(2)24-17-32(28(34)31-26(24)20(4)16-29)23-13-10-21(11-14-23)27(33)30-22-12-9-19(3)25(15-22)35-5/h7-9,12,15,21,23H,6,10-11,13-14,17H2,1-5H3,(H,30,33)(H,31,34)/b8-7+,24-18-,26-20-. The lowest BCUT2D eigenvalue weighted by Crippen LogP contribution is -2.53. The molecule has 186 valence electrons. The summed E-state index contributed by atoms with van der Waals surface area (Å²) < 4.78 is 5.36. The van der Waals surface area contributed by atoms with Crippen LogP contribution < -0.4 is 15.4 Å². The van der Waals surface area contributed by atoms with Gasteiger partial charge in [0.25, 0.3) is 0 Å². The molecular formula is C28H36N4O3. The van der Waals surface area contributed by atoms with Gasteiger partial charge < -0.3 is 20.3 Å². The third-order valence-electron chi connectivity index (χ3n) is 6.93. The highest BCUT2D eigenvalue weighted by atomic mass is 16.5. The Hall–Kier alpha value is -3.53. The van der Waals surface area contributed by atoms with Crippen LogP contribution >= 0.6 is 0 Å². The van der Waals surface area contributed by atoms with Crippen molar-refractivity contribution in [3.05, 3.63) is 58.3 Å². The number of nitrogens with zero attached hydrogens (tertiary/aromatic N) is 2. The molecule has 1 aliphatic carbocycles. The number of aryl methyl sites for hydroxylation is 1. The average molecular weight is 477 g/mol. The molecule has 0 bridgehead atoms. The largest absolute Gasteiger partial charge is 0.496 e. The lowest BCUT2D eigenvalue weighted by atomic mass is 9.84. The maximum Gasteiger partial charge on any atom is 0.322 e. The fourth-order valence-corrected chi connectivity index (χ4v) is 4.76. The van der Waals surface area contributed by atoms with Crippen LogP contribution in [-0.4, -0.2) is 36.5 Å². The second kappa shape index (κ2) is 11.7. The van der Waals surface area contributed by atoms with Crippen molar-refractivity contribution in [1.29, 1.82) is 5.26 Å². The summed E-state index contributed by atoms with van der Waals surface area (Å²) in [6, 6.07) is 7.71. The van der Waals surface area contributed by atoms with Crippen molar-refractivity contribution in [1.82, 2.24) is 10.2 Å². The smallest absolute Gasteiger partial charge is 0.322 e. The van der Waals surface area contributed by atoms with E-state index in [1.54, 1.807) is 14.0 Å². The first-order chi connectivity index (χ1) is 16.8. The van der Waals surface area contributed by atoms with Gasteiger partial charge in [-0.25, -0.2) is 4.79 Å². The Kier molecular flexibility index (Phi) is 8.75. The summed E-state index contributed by atoms with van der Waals surface area (Å²) in [6.07, 6.45) is 8.01. The van der Waals surface area contributed by atoms with E-state index in [1.165, 1.54) is 0 Å². The number of ether oxygens (including phenoxy) is 1. The van der Waals surface area contributed by atoms with Crippen molar-refractivity contribution < 1.29 is 14.3 Å². The van der Waals surface area contributed by atoms with Gasteiger partial charge in [-0.3, -0.25) is 4.79 Å². The number of hydrogen-bond donors (Lipinski definition) is 2. The number of carbonyl (C=O) groups is 2. The van der Waals surface area contributed by atoms with Crippen molar-refractivity contribution >= 4 is 17.6 Å². The van der Waals surface area contributed by atoms with Crippen molar-refractivity contribution in [3.63, 3.8) is 0 Å². The molecule has 1 heterocycles. The number of allylic oxidation sites excluding steroid dienone is 4. The van der Waals surface area contributed by atoms with E-state index >= 15 is 0 Å². The second-order valence-electron chi connectivity index (χ2n) is 9.32. The number of anilines is 1. The highest BCUT2D eigenvalue weighted by molar-refractivity contribution is 5.93. The summed E-state index contributed by atoms with van der Waals surface area (Å²) in [5, 5.41) is 15.4. The van der Waals surface area contributed by atoms with Crippen LogP contribution in [0.25, 0.3) is 0 Å². The number of carbonyl (C=O) groups excluding carboxylic acids is 2. The topological polar surface area (TPSA) is 94.5 Å². The zero-order valence-electron chi connectivity index (χ0n) is 21.4. The number of benzene rings is 1. The molecule has 2 fully saturated rings. The minimum Gasteiger partial charge on any atom is -0.496 e. The predicted molar refractivity (Wildman–Crippen MR) is 138 cm³/mol. The van der Waals surface area contributed by atoms with Crippen LogP contribution in [0, 0.1) is 24.2 Å². The van der Waals surface area contributed by atoms with Gasteiger partial charge in [0.05, 0.1) is 31.0 Å². The molecule has 0 unspecified atom stereocenters. The van der Waals surface area contributed by atoms with Gasteiger partial charge in [0.15, 0.2) is 0 Å². The summed E-state index contributed by atoms with van der Waals surface area (Å²) in [5.41, 5.74) is 4.89. The first kappa shape index (κ1) is 26.1. The Bertz CT molecular complexity index is 1100. The zero-order valence-corrected chi connectivity index (χ0v) is 21.4. The van der Waals surface area contributed by atoms with Gasteiger partial charge in [-0.05, 0) is 75.7 Å². The molecule has 2 aliphatic rings. The fraction of sp³-hybridized carbons (Fsp3) is 0.464. The Morgan fingerprint density at radius 1 is 1.29 bits per heavy atom. The van der Waals surface area contributed by atoms with E-state index < -0.39 is 0 Å². The molecule has 1 aromatic carbocycles. The van der Waals surface area contributed by atoms with E-state index in [0.717, 1.165) is 60.3 Å². The summed E-state index contributed by atoms with van der Waals surface area (Å²) in [4.78, 5) is 27.8. The normalized spacial score (nSPS) is 23.4. The Labute approximate surface area is 208 Å². The van der Waals surface area contributed by atoms with Gasteiger partial charge in [-0.2, -0.15) is 5.26 Å². The minimum atomic E-state index is -0.176. The fourth-order valence-electron chi connectivity index (χ4n) is 4.76. The molecule has 1 saturated heterocycles. The van der Waals surface area contributed by atoms with Gasteiger partial charge in [0, 0.05) is 23.7 Å². The number of nitrogens with one attached hydrogen (secondary N) is 2. The van der Waals surface area contributed by atoms with Crippen molar-refractivity contribution in [2.75, 3.05) is 19.0 Å². The van der Waals surface area contributed by atoms with E-state index in [1.807, 2.05) is 36.9 Å². The van der Waals surface area contributed by atoms with Gasteiger partial charge in [-0.15, -0.1) is 0 Å². The van der Waals surface area contributed by atoms with Crippen LogP contribution in [0.3, 0.4) is 0 Å². The molecule has 0 radical (unpaired) electrons. The van der Waals surface area contributed by atoms with Crippen LogP contribution in [0.2, 0.25) is 0 Å². The van der Waals surface area contributed by atoms with Crippen LogP contribution in [0.15, 0.2) is 52.8 Å². The Morgan fingerprint density at radius 2 is 2.00 bits per heavy atom. The van der Waals surface area contributed by atoms with E-state index in [0.29, 0.717) is 17.8 Å². The number of rotatable bonds is 6. The lowest BCUT2D eigenvalue weighted by Gasteiger charge is -2.40. The van der Waals surface area contributed by atoms with Crippen molar-refractivity contribution in [2.45, 2.75) is 65.8 Å². The number of methoxy groups -OCH3 is 1. The van der Waals surface area contributed by atoms with Crippen LogP contribution in [0.4, 0.5) is 10.5 Å². The predicted octanol–water partition coefficient (Wildman–Crippen LogP) is 5.61. The molecule has 2 N–H and O–H groups in total. The molecule has 3 rings (SSSR count). The van der Waals surface area contributed by atoms with Crippen LogP contribution in [-0.2, 0) is 4.79 Å². The number of amides is 3. The second-order valence-corrected chi connectivity index (χ2v) is 9.32. The molecule has 7 nitrogen and oxygen atoms in total. The molecular weight excluding hydrogens is 440 g/mol. The summed E-state index contributed by atoms with van der Waals surface area (Å²) in [6.45, 7) is 8.25. The van der Waals surface area contributed by atoms with Crippen LogP contribution in [0.1, 0.15) is 58.4 Å². The molecule has 1 saturated carbocycles. The highest BCUT2D eigenvalue weighted by Gasteiger charge is 2.35. The number of nitriles is 1. The summed E-state index contributed by atoms with van der Waals surface area (Å²) in [7, 11) is 1.62. The van der Waals surface area contributed by atoms with Gasteiger partial charge in [-0.1, -0.05) is 25.1 Å². The molecule has 3 amide bonds. The van der Waals surface area contributed by atoms with Crippen molar-refractivity contribution in [2.24, 2.45) is 5.92 Å². The third-order valence-corrected chi connectivity index (χ3v) is 6.93. The molecule has 35 heavy (non-hydrogen) atoms. The number of urea groups is 1. The Morgan fingerprint density at radius 3 is 2.63 bits per heavy atom. The lowest BCUT2D eigenvalue weighted by molar-refractivity contribution is -0.121. The van der Waals surface area contributed by atoms with E-state index in [2.05, 4.69) is 35.8 Å². The SMILES string of the molecule is CC/C=C/C(C)=C1/CN(C2CCC(C(=O)Nc3ccc(C)c(OC)c3)CC2)C(=O)N/C1=C(/C)C#N. The average Bonchev–Trinajstić information content (AvgIpc) is 2.87. The molecule has 7 heteroatoms. The maximum atomic E-state index is 13.0. The van der Waals surface area contributed by atoms with E-state index in [4.69, 9.17) is 4.74 Å². The van der Waals surface area contributed by atoms with Gasteiger partial charge >= 0.3 is 6.03 Å². The van der Waals surface area contributed by atoms with E-state index in [9.17, 15) is 14.9 Å². The Balaban J connectivity index is 1.68. The highest BCUT2D eigenvalue weighted by Crippen LogP contribution is 2.33. The quantitative estimate of drug-likeness (QED) is 0.522. The van der Waals surface area contributed by atoms with Gasteiger partial charge in [0.2, 0.25) is 5.91 Å². The minimum absolute atomic E-state index is 0.00782. The monoisotopic (exact) mass is 476 g/mol. The molecule has 0 atom stereocenters. The number of hydrogen-bond acceptors (Lipinski definition) is 4. The molecule has 1 aliphatic heterocycles.